The van der Waals surface area contributed by atoms with E-state index in [4.69, 9.17) is 5.73 Å². The van der Waals surface area contributed by atoms with Gasteiger partial charge in [-0.2, -0.15) is 0 Å². The number of aryl methyl sites for hydroxylation is 1. The van der Waals surface area contributed by atoms with Gasteiger partial charge in [0.1, 0.15) is 0 Å². The summed E-state index contributed by atoms with van der Waals surface area (Å²) in [6, 6.07) is 3.83. The Hall–Kier alpha value is -1.22. The third-order valence-electron chi connectivity index (χ3n) is 4.39. The van der Waals surface area contributed by atoms with Gasteiger partial charge in [-0.25, -0.2) is 13.1 Å². The molecular weight excluding hydrogens is 354 g/mol. The van der Waals surface area contributed by atoms with Crippen molar-refractivity contribution in [1.29, 1.82) is 0 Å². The van der Waals surface area contributed by atoms with E-state index in [9.17, 15) is 18.5 Å². The fourth-order valence-electron chi connectivity index (χ4n) is 2.92. The lowest BCUT2D eigenvalue weighted by molar-refractivity contribution is -0.385. The zero-order chi connectivity index (χ0) is 17.1. The van der Waals surface area contributed by atoms with Gasteiger partial charge in [-0.3, -0.25) is 10.1 Å². The molecule has 136 valence electrons. The summed E-state index contributed by atoms with van der Waals surface area (Å²) >= 11 is 0. The molecule has 1 fully saturated rings. The lowest BCUT2D eigenvalue weighted by Gasteiger charge is -2.28. The van der Waals surface area contributed by atoms with Crippen LogP contribution >= 0.6 is 12.4 Å². The number of nitrogens with two attached hydrogens (primary N) is 1. The van der Waals surface area contributed by atoms with E-state index in [1.807, 2.05) is 0 Å². The van der Waals surface area contributed by atoms with E-state index in [2.05, 4.69) is 4.72 Å². The van der Waals surface area contributed by atoms with Crippen molar-refractivity contribution in [3.05, 3.63) is 33.9 Å². The molecule has 0 aliphatic heterocycles. The van der Waals surface area contributed by atoms with Crippen LogP contribution in [0.2, 0.25) is 0 Å². The van der Waals surface area contributed by atoms with E-state index in [0.29, 0.717) is 5.56 Å². The van der Waals surface area contributed by atoms with Crippen molar-refractivity contribution in [2.24, 2.45) is 5.73 Å². The molecule has 7 nitrogen and oxygen atoms in total. The average molecular weight is 378 g/mol. The number of nitrogens with one attached hydrogen (secondary N) is 1. The molecule has 1 aliphatic carbocycles. The molecule has 24 heavy (non-hydrogen) atoms. The van der Waals surface area contributed by atoms with Crippen LogP contribution in [0.15, 0.2) is 23.1 Å². The average Bonchev–Trinajstić information content (AvgIpc) is 2.71. The predicted molar refractivity (Wildman–Crippen MR) is 94.9 cm³/mol. The van der Waals surface area contributed by atoms with Crippen LogP contribution in [0.4, 0.5) is 5.69 Å². The first-order valence-electron chi connectivity index (χ1n) is 7.77. The maximum absolute atomic E-state index is 12.5. The van der Waals surface area contributed by atoms with Gasteiger partial charge in [-0.1, -0.05) is 31.7 Å². The van der Waals surface area contributed by atoms with Crippen molar-refractivity contribution in [2.45, 2.75) is 55.9 Å². The first kappa shape index (κ1) is 20.8. The molecule has 1 saturated carbocycles. The fraction of sp³-hybridized carbons (Fsp3) is 0.600. The lowest BCUT2D eigenvalue weighted by atomic mass is 9.92. The second kappa shape index (κ2) is 8.24. The highest BCUT2D eigenvalue weighted by Crippen LogP contribution is 2.26. The molecule has 0 radical (unpaired) electrons. The highest BCUT2D eigenvalue weighted by Gasteiger charge is 2.29. The van der Waals surface area contributed by atoms with Crippen molar-refractivity contribution in [3.63, 3.8) is 0 Å². The van der Waals surface area contributed by atoms with Gasteiger partial charge in [-0.05, 0) is 25.3 Å². The summed E-state index contributed by atoms with van der Waals surface area (Å²) in [7, 11) is -3.83. The van der Waals surface area contributed by atoms with E-state index in [1.165, 1.54) is 12.1 Å². The molecule has 0 saturated heterocycles. The Morgan fingerprint density at radius 1 is 1.25 bits per heavy atom. The lowest BCUT2D eigenvalue weighted by Crippen LogP contribution is -2.49. The molecule has 0 atom stereocenters. The third-order valence-corrected chi connectivity index (χ3v) is 5.93. The largest absolute Gasteiger partial charge is 0.324 e. The SMILES string of the molecule is Cc1ccc([N+](=O)[O-])cc1S(=O)(=O)NCC1(N)CCCCCC1.Cl. The van der Waals surface area contributed by atoms with E-state index in [1.54, 1.807) is 6.92 Å². The van der Waals surface area contributed by atoms with E-state index in [-0.39, 0.29) is 29.5 Å². The number of benzene rings is 1. The fourth-order valence-corrected chi connectivity index (χ4v) is 4.32. The number of hydrogen-bond acceptors (Lipinski definition) is 5. The number of nitro benzene ring substituents is 1. The summed E-state index contributed by atoms with van der Waals surface area (Å²) in [5, 5.41) is 10.9. The second-order valence-corrected chi connectivity index (χ2v) is 8.04. The minimum Gasteiger partial charge on any atom is -0.324 e. The van der Waals surface area contributed by atoms with Crippen LogP contribution in [-0.4, -0.2) is 25.4 Å². The van der Waals surface area contributed by atoms with Gasteiger partial charge >= 0.3 is 0 Å². The van der Waals surface area contributed by atoms with E-state index in [0.717, 1.165) is 44.6 Å². The number of sulfonamides is 1. The number of halogens is 1. The highest BCUT2D eigenvalue weighted by molar-refractivity contribution is 7.89. The second-order valence-electron chi connectivity index (χ2n) is 6.31. The molecule has 0 amide bonds. The zero-order valence-electron chi connectivity index (χ0n) is 13.7. The smallest absolute Gasteiger partial charge is 0.270 e. The summed E-state index contributed by atoms with van der Waals surface area (Å²) < 4.78 is 27.6. The summed E-state index contributed by atoms with van der Waals surface area (Å²) in [6.07, 6.45) is 5.79. The van der Waals surface area contributed by atoms with Crippen LogP contribution in [0.3, 0.4) is 0 Å². The molecule has 2 rings (SSSR count). The topological polar surface area (TPSA) is 115 Å². The normalized spacial score (nSPS) is 17.6. The van der Waals surface area contributed by atoms with E-state index >= 15 is 0 Å². The molecule has 0 heterocycles. The molecule has 0 bridgehead atoms. The number of hydrogen-bond donors (Lipinski definition) is 2. The number of nitrogens with zero attached hydrogens (tertiary/aromatic N) is 1. The number of non-ortho nitro benzene ring substituents is 1. The minimum atomic E-state index is -3.83. The molecule has 9 heteroatoms. The number of nitro groups is 1. The summed E-state index contributed by atoms with van der Waals surface area (Å²) in [5.74, 6) is 0. The van der Waals surface area contributed by atoms with Crippen molar-refractivity contribution in [2.75, 3.05) is 6.54 Å². The molecule has 1 aromatic rings. The number of rotatable bonds is 5. The van der Waals surface area contributed by atoms with Crippen molar-refractivity contribution < 1.29 is 13.3 Å². The van der Waals surface area contributed by atoms with Crippen LogP contribution < -0.4 is 10.5 Å². The monoisotopic (exact) mass is 377 g/mol. The summed E-state index contributed by atoms with van der Waals surface area (Å²) in [6.45, 7) is 1.76. The first-order chi connectivity index (χ1) is 10.7. The molecule has 0 spiro atoms. The Labute approximate surface area is 148 Å². The molecule has 3 N–H and O–H groups in total. The Balaban J connectivity index is 0.00000288. The van der Waals surface area contributed by atoms with E-state index < -0.39 is 20.5 Å². The Morgan fingerprint density at radius 2 is 1.83 bits per heavy atom. The molecule has 0 unspecified atom stereocenters. The molecular formula is C15H24ClN3O4S. The van der Waals surface area contributed by atoms with Crippen LogP contribution in [0.1, 0.15) is 44.1 Å². The van der Waals surface area contributed by atoms with Crippen LogP contribution in [-0.2, 0) is 10.0 Å². The van der Waals surface area contributed by atoms with Crippen LogP contribution in [0, 0.1) is 17.0 Å². The quantitative estimate of drug-likeness (QED) is 0.465. The van der Waals surface area contributed by atoms with Gasteiger partial charge in [0.2, 0.25) is 10.0 Å². The van der Waals surface area contributed by atoms with Gasteiger partial charge in [0, 0.05) is 24.2 Å². The Bertz CT molecular complexity index is 686. The minimum absolute atomic E-state index is 0. The maximum atomic E-state index is 12.5. The first-order valence-corrected chi connectivity index (χ1v) is 9.25. The van der Waals surface area contributed by atoms with Crippen molar-refractivity contribution in [1.82, 2.24) is 4.72 Å². The molecule has 0 aromatic heterocycles. The Kier molecular flexibility index (Phi) is 7.15. The molecule has 1 aliphatic rings. The standard InChI is InChI=1S/C15H23N3O4S.ClH/c1-12-6-7-13(18(19)20)10-14(12)23(21,22)17-11-15(16)8-4-2-3-5-9-15;/h6-7,10,17H,2-5,8-9,11,16H2,1H3;1H. The van der Waals surface area contributed by atoms with Crippen LogP contribution in [0.25, 0.3) is 0 Å². The van der Waals surface area contributed by atoms with Crippen LogP contribution in [0.5, 0.6) is 0 Å². The van der Waals surface area contributed by atoms with Gasteiger partial charge in [0.15, 0.2) is 0 Å². The van der Waals surface area contributed by atoms with Gasteiger partial charge in [0.25, 0.3) is 5.69 Å². The highest BCUT2D eigenvalue weighted by atomic mass is 35.5. The van der Waals surface area contributed by atoms with Gasteiger partial charge in [0.05, 0.1) is 9.82 Å². The van der Waals surface area contributed by atoms with Gasteiger partial charge < -0.3 is 5.73 Å². The Morgan fingerprint density at radius 3 is 2.38 bits per heavy atom. The summed E-state index contributed by atoms with van der Waals surface area (Å²) in [5.41, 5.74) is 6.01. The summed E-state index contributed by atoms with van der Waals surface area (Å²) in [4.78, 5) is 10.2. The zero-order valence-corrected chi connectivity index (χ0v) is 15.3. The van der Waals surface area contributed by atoms with Crippen molar-refractivity contribution in [3.8, 4) is 0 Å². The predicted octanol–water partition coefficient (Wildman–Crippen LogP) is 2.66. The van der Waals surface area contributed by atoms with Gasteiger partial charge in [-0.15, -0.1) is 12.4 Å². The molecule has 1 aromatic carbocycles. The third kappa shape index (κ3) is 5.14. The van der Waals surface area contributed by atoms with Crippen molar-refractivity contribution >= 4 is 28.1 Å². The maximum Gasteiger partial charge on any atom is 0.270 e.